The lowest BCUT2D eigenvalue weighted by Gasteiger charge is -2.31. The number of anilines is 1. The number of thiophene rings is 1. The fourth-order valence-electron chi connectivity index (χ4n) is 3.36. The Morgan fingerprint density at radius 2 is 1.75 bits per heavy atom. The van der Waals surface area contributed by atoms with Gasteiger partial charge in [0.1, 0.15) is 0 Å². The number of nitrogens with zero attached hydrogens (tertiary/aromatic N) is 1. The van der Waals surface area contributed by atoms with Gasteiger partial charge >= 0.3 is 0 Å². The zero-order valence-corrected chi connectivity index (χ0v) is 16.2. The number of ketones is 1. The van der Waals surface area contributed by atoms with E-state index in [0.717, 1.165) is 0 Å². The summed E-state index contributed by atoms with van der Waals surface area (Å²) in [7, 11) is 0. The molecule has 0 spiro atoms. The minimum Gasteiger partial charge on any atom is -0.454 e. The van der Waals surface area contributed by atoms with Crippen LogP contribution in [0.5, 0.6) is 11.5 Å². The van der Waals surface area contributed by atoms with Gasteiger partial charge in [-0.15, -0.1) is 11.3 Å². The standard InChI is InChI=1S/C20H20N2O5S/c1-12(23)17-4-5-18(28-17)20(25)22-8-6-13(7-9-22)19(24)21-14-2-3-15-16(10-14)27-11-26-15/h2-5,10,13H,6-9,11H2,1H3,(H,21,24). The van der Waals surface area contributed by atoms with Crippen LogP contribution in [0.4, 0.5) is 5.69 Å². The van der Waals surface area contributed by atoms with Crippen LogP contribution in [0.15, 0.2) is 30.3 Å². The summed E-state index contributed by atoms with van der Waals surface area (Å²) in [5.41, 5.74) is 0.670. The Balaban J connectivity index is 1.32. The van der Waals surface area contributed by atoms with Crippen molar-refractivity contribution in [3.63, 3.8) is 0 Å². The molecule has 1 N–H and O–H groups in total. The van der Waals surface area contributed by atoms with E-state index < -0.39 is 0 Å². The summed E-state index contributed by atoms with van der Waals surface area (Å²) in [4.78, 5) is 39.5. The van der Waals surface area contributed by atoms with Gasteiger partial charge in [0.05, 0.1) is 9.75 Å². The van der Waals surface area contributed by atoms with Crippen molar-refractivity contribution in [2.45, 2.75) is 19.8 Å². The Hall–Kier alpha value is -2.87. The van der Waals surface area contributed by atoms with E-state index >= 15 is 0 Å². The molecule has 0 radical (unpaired) electrons. The van der Waals surface area contributed by atoms with Crippen LogP contribution < -0.4 is 14.8 Å². The maximum Gasteiger partial charge on any atom is 0.263 e. The highest BCUT2D eigenvalue weighted by Gasteiger charge is 2.29. The molecular formula is C20H20N2O5S. The molecule has 0 aliphatic carbocycles. The van der Waals surface area contributed by atoms with Gasteiger partial charge in [-0.2, -0.15) is 0 Å². The third-order valence-electron chi connectivity index (χ3n) is 4.96. The minimum absolute atomic E-state index is 0.0389. The molecule has 28 heavy (non-hydrogen) atoms. The third-order valence-corrected chi connectivity index (χ3v) is 6.13. The van der Waals surface area contributed by atoms with Crippen molar-refractivity contribution in [1.82, 2.24) is 4.90 Å². The second-order valence-electron chi connectivity index (χ2n) is 6.84. The summed E-state index contributed by atoms with van der Waals surface area (Å²) in [5.74, 6) is 0.979. The summed E-state index contributed by atoms with van der Waals surface area (Å²) in [6.07, 6.45) is 1.21. The van der Waals surface area contributed by atoms with Crippen LogP contribution in [0.3, 0.4) is 0 Å². The SMILES string of the molecule is CC(=O)c1ccc(C(=O)N2CCC(C(=O)Nc3ccc4c(c3)OCO4)CC2)s1. The number of benzene rings is 1. The van der Waals surface area contributed by atoms with Crippen molar-refractivity contribution >= 4 is 34.6 Å². The number of fused-ring (bicyclic) bond motifs is 1. The Morgan fingerprint density at radius 1 is 1.04 bits per heavy atom. The first-order chi connectivity index (χ1) is 13.5. The molecule has 0 atom stereocenters. The summed E-state index contributed by atoms with van der Waals surface area (Å²) in [6, 6.07) is 8.69. The molecule has 2 aliphatic rings. The lowest BCUT2D eigenvalue weighted by Crippen LogP contribution is -2.41. The predicted molar refractivity (Wildman–Crippen MR) is 104 cm³/mol. The Kier molecular flexibility index (Phi) is 5.04. The van der Waals surface area contributed by atoms with Crippen molar-refractivity contribution in [2.24, 2.45) is 5.92 Å². The zero-order chi connectivity index (χ0) is 19.7. The third kappa shape index (κ3) is 3.73. The average molecular weight is 400 g/mol. The van der Waals surface area contributed by atoms with Gasteiger partial charge in [-0.1, -0.05) is 0 Å². The van der Waals surface area contributed by atoms with Crippen LogP contribution in [0.1, 0.15) is 39.1 Å². The number of carbonyl (C=O) groups excluding carboxylic acids is 3. The molecule has 1 saturated heterocycles. The first kappa shape index (κ1) is 18.5. The molecule has 1 aromatic carbocycles. The molecule has 2 amide bonds. The van der Waals surface area contributed by atoms with Crippen LogP contribution in [0.2, 0.25) is 0 Å². The second kappa shape index (κ2) is 7.63. The number of rotatable bonds is 4. The highest BCUT2D eigenvalue weighted by molar-refractivity contribution is 7.15. The number of likely N-dealkylation sites (tertiary alicyclic amines) is 1. The summed E-state index contributed by atoms with van der Waals surface area (Å²) in [5, 5.41) is 2.92. The minimum atomic E-state index is -0.148. The van der Waals surface area contributed by atoms with Gasteiger partial charge in [-0.25, -0.2) is 0 Å². The molecule has 3 heterocycles. The molecular weight excluding hydrogens is 380 g/mol. The molecule has 4 rings (SSSR count). The quantitative estimate of drug-likeness (QED) is 0.797. The predicted octanol–water partition coefficient (Wildman–Crippen LogP) is 3.17. The zero-order valence-electron chi connectivity index (χ0n) is 15.4. The average Bonchev–Trinajstić information content (AvgIpc) is 3.37. The molecule has 0 saturated carbocycles. The summed E-state index contributed by atoms with van der Waals surface area (Å²) in [6.45, 7) is 2.72. The van der Waals surface area contributed by atoms with E-state index in [-0.39, 0.29) is 30.3 Å². The van der Waals surface area contributed by atoms with E-state index in [9.17, 15) is 14.4 Å². The first-order valence-electron chi connectivity index (χ1n) is 9.12. The molecule has 0 unspecified atom stereocenters. The van der Waals surface area contributed by atoms with E-state index in [1.54, 1.807) is 35.2 Å². The largest absolute Gasteiger partial charge is 0.454 e. The molecule has 146 valence electrons. The van der Waals surface area contributed by atoms with Crippen molar-refractivity contribution in [1.29, 1.82) is 0 Å². The number of nitrogens with one attached hydrogen (secondary N) is 1. The Labute approximate surface area is 166 Å². The van der Waals surface area contributed by atoms with E-state index in [1.807, 2.05) is 0 Å². The van der Waals surface area contributed by atoms with Gasteiger partial charge < -0.3 is 19.7 Å². The van der Waals surface area contributed by atoms with Crippen LogP contribution in [0.25, 0.3) is 0 Å². The fourth-order valence-corrected chi connectivity index (χ4v) is 4.23. The maximum absolute atomic E-state index is 12.6. The van der Waals surface area contributed by atoms with Gasteiger partial charge in [0.2, 0.25) is 12.7 Å². The smallest absolute Gasteiger partial charge is 0.263 e. The number of hydrogen-bond acceptors (Lipinski definition) is 6. The van der Waals surface area contributed by atoms with Gasteiger partial charge in [-0.05, 0) is 44.0 Å². The molecule has 2 aromatic rings. The maximum atomic E-state index is 12.6. The van der Waals surface area contributed by atoms with Crippen LogP contribution >= 0.6 is 11.3 Å². The topological polar surface area (TPSA) is 84.9 Å². The van der Waals surface area contributed by atoms with Gasteiger partial charge in [0.25, 0.3) is 5.91 Å². The number of hydrogen-bond donors (Lipinski definition) is 1. The molecule has 1 fully saturated rings. The van der Waals surface area contributed by atoms with Crippen molar-refractivity contribution in [2.75, 3.05) is 25.2 Å². The number of amides is 2. The Morgan fingerprint density at radius 3 is 2.46 bits per heavy atom. The normalized spacial score (nSPS) is 16.1. The lowest BCUT2D eigenvalue weighted by molar-refractivity contribution is -0.121. The molecule has 8 heteroatoms. The van der Waals surface area contributed by atoms with Crippen LogP contribution in [-0.4, -0.2) is 42.4 Å². The number of ether oxygens (including phenoxy) is 2. The molecule has 2 aliphatic heterocycles. The number of carbonyl (C=O) groups is 3. The second-order valence-corrected chi connectivity index (χ2v) is 7.93. The van der Waals surface area contributed by atoms with Crippen LogP contribution in [0, 0.1) is 5.92 Å². The monoisotopic (exact) mass is 400 g/mol. The van der Waals surface area contributed by atoms with E-state index in [1.165, 1.54) is 18.3 Å². The van der Waals surface area contributed by atoms with Crippen LogP contribution in [-0.2, 0) is 4.79 Å². The highest BCUT2D eigenvalue weighted by atomic mass is 32.1. The van der Waals surface area contributed by atoms with E-state index in [4.69, 9.17) is 9.47 Å². The molecule has 7 nitrogen and oxygen atoms in total. The van der Waals surface area contributed by atoms with Gasteiger partial charge in [0.15, 0.2) is 17.3 Å². The van der Waals surface area contributed by atoms with Crippen molar-refractivity contribution < 1.29 is 23.9 Å². The van der Waals surface area contributed by atoms with Gasteiger partial charge in [-0.3, -0.25) is 14.4 Å². The first-order valence-corrected chi connectivity index (χ1v) is 9.93. The number of Topliss-reactive ketones (excluding diaryl/α,β-unsaturated/α-hetero) is 1. The number of piperidine rings is 1. The Bertz CT molecular complexity index is 930. The highest BCUT2D eigenvalue weighted by Crippen LogP contribution is 2.34. The van der Waals surface area contributed by atoms with Crippen molar-refractivity contribution in [3.8, 4) is 11.5 Å². The summed E-state index contributed by atoms with van der Waals surface area (Å²) >= 11 is 1.22. The molecule has 0 bridgehead atoms. The van der Waals surface area contributed by atoms with E-state index in [2.05, 4.69) is 5.32 Å². The van der Waals surface area contributed by atoms with Gasteiger partial charge in [0, 0.05) is 30.8 Å². The lowest BCUT2D eigenvalue weighted by atomic mass is 9.95. The summed E-state index contributed by atoms with van der Waals surface area (Å²) < 4.78 is 10.6. The van der Waals surface area contributed by atoms with Crippen molar-refractivity contribution in [3.05, 3.63) is 40.1 Å². The molecule has 1 aromatic heterocycles. The fraction of sp³-hybridized carbons (Fsp3) is 0.350. The van der Waals surface area contributed by atoms with E-state index in [0.29, 0.717) is 52.9 Å².